The Labute approximate surface area is 179 Å². The zero-order chi connectivity index (χ0) is 20.9. The first-order valence-corrected chi connectivity index (χ1v) is 11.5. The van der Waals surface area contributed by atoms with Gasteiger partial charge in [0, 0.05) is 38.6 Å². The number of piperazine rings is 1. The molecule has 2 saturated heterocycles. The number of fused-ring (bicyclic) bond motifs is 2. The quantitative estimate of drug-likeness (QED) is 0.549. The summed E-state index contributed by atoms with van der Waals surface area (Å²) >= 11 is 0. The number of hydrogen-bond donors (Lipinski definition) is 0. The molecule has 0 radical (unpaired) electrons. The summed E-state index contributed by atoms with van der Waals surface area (Å²) in [6.07, 6.45) is 5.69. The van der Waals surface area contributed by atoms with E-state index in [1.165, 1.54) is 24.5 Å². The lowest BCUT2D eigenvalue weighted by Crippen LogP contribution is -2.50. The molecule has 2 heterocycles. The Morgan fingerprint density at radius 2 is 2.00 bits per heavy atom. The van der Waals surface area contributed by atoms with Crippen LogP contribution in [-0.2, 0) is 9.53 Å². The van der Waals surface area contributed by atoms with E-state index < -0.39 is 0 Å². The van der Waals surface area contributed by atoms with Crippen molar-refractivity contribution < 1.29 is 13.9 Å². The summed E-state index contributed by atoms with van der Waals surface area (Å²) in [7, 11) is 0. The van der Waals surface area contributed by atoms with Gasteiger partial charge in [0.2, 0.25) is 0 Å². The molecule has 5 heteroatoms. The van der Waals surface area contributed by atoms with Crippen molar-refractivity contribution in [2.24, 2.45) is 23.2 Å². The molecule has 0 amide bonds. The van der Waals surface area contributed by atoms with E-state index in [1.54, 1.807) is 6.07 Å². The second-order valence-corrected chi connectivity index (χ2v) is 10.1. The van der Waals surface area contributed by atoms with Crippen molar-refractivity contribution in [3.63, 3.8) is 0 Å². The third-order valence-corrected chi connectivity index (χ3v) is 8.34. The van der Waals surface area contributed by atoms with E-state index in [2.05, 4.69) is 23.3 Å². The molecule has 0 aromatic heterocycles. The van der Waals surface area contributed by atoms with Crippen LogP contribution in [0.3, 0.4) is 0 Å². The lowest BCUT2D eigenvalue weighted by atomic mass is 9.55. The number of allylic oxidation sites excluding steroid dienone is 1. The zero-order valence-electron chi connectivity index (χ0n) is 18.0. The van der Waals surface area contributed by atoms with Crippen molar-refractivity contribution in [3.8, 4) is 0 Å². The van der Waals surface area contributed by atoms with Gasteiger partial charge in [-0.1, -0.05) is 31.2 Å². The number of benzene rings is 1. The number of anilines is 1. The molecule has 2 saturated carbocycles. The second kappa shape index (κ2) is 7.67. The lowest BCUT2D eigenvalue weighted by Gasteiger charge is -2.50. The molecule has 30 heavy (non-hydrogen) atoms. The molecule has 4 aliphatic rings. The summed E-state index contributed by atoms with van der Waals surface area (Å²) in [6, 6.07) is 6.98. The van der Waals surface area contributed by atoms with Crippen LogP contribution in [0.5, 0.6) is 0 Å². The molecule has 5 rings (SSSR count). The van der Waals surface area contributed by atoms with Gasteiger partial charge in [0.15, 0.2) is 0 Å². The Kier molecular flexibility index (Phi) is 5.12. The zero-order valence-corrected chi connectivity index (χ0v) is 18.0. The molecule has 0 unspecified atom stereocenters. The maximum Gasteiger partial charge on any atom is 0.310 e. The molecule has 2 aliphatic carbocycles. The van der Waals surface area contributed by atoms with E-state index in [0.717, 1.165) is 52.0 Å². The van der Waals surface area contributed by atoms with Crippen LogP contribution >= 0.6 is 0 Å². The van der Waals surface area contributed by atoms with Crippen LogP contribution in [0.1, 0.15) is 39.0 Å². The minimum absolute atomic E-state index is 0.00519. The van der Waals surface area contributed by atoms with Gasteiger partial charge in [-0.25, -0.2) is 4.39 Å². The number of carbonyl (C=O) groups excluding carboxylic acids is 1. The highest BCUT2D eigenvalue weighted by molar-refractivity contribution is 5.75. The van der Waals surface area contributed by atoms with Crippen molar-refractivity contribution in [1.29, 1.82) is 0 Å². The fourth-order valence-electron chi connectivity index (χ4n) is 6.62. The summed E-state index contributed by atoms with van der Waals surface area (Å²) in [5, 5.41) is 0. The average Bonchev–Trinajstić information content (AvgIpc) is 3.01. The predicted molar refractivity (Wildman–Crippen MR) is 116 cm³/mol. The van der Waals surface area contributed by atoms with Gasteiger partial charge in [0.25, 0.3) is 0 Å². The van der Waals surface area contributed by atoms with E-state index in [-0.39, 0.29) is 29.2 Å². The largest absolute Gasteiger partial charge is 0.462 e. The number of ether oxygens (including phenoxy) is 1. The highest BCUT2D eigenvalue weighted by Gasteiger charge is 2.55. The average molecular weight is 413 g/mol. The van der Waals surface area contributed by atoms with E-state index in [1.807, 2.05) is 12.1 Å². The Bertz CT molecular complexity index is 834. The molecule has 2 aliphatic heterocycles. The van der Waals surface area contributed by atoms with Crippen LogP contribution in [0, 0.1) is 29.0 Å². The second-order valence-electron chi connectivity index (χ2n) is 10.1. The van der Waals surface area contributed by atoms with Crippen molar-refractivity contribution >= 4 is 11.7 Å². The van der Waals surface area contributed by atoms with Crippen molar-refractivity contribution in [3.05, 3.63) is 42.2 Å². The molecule has 4 nitrogen and oxygen atoms in total. The molecule has 4 fully saturated rings. The number of halogens is 1. The first-order valence-electron chi connectivity index (χ1n) is 11.5. The highest BCUT2D eigenvalue weighted by atomic mass is 19.1. The first kappa shape index (κ1) is 20.0. The monoisotopic (exact) mass is 412 g/mol. The van der Waals surface area contributed by atoms with Crippen molar-refractivity contribution in [2.45, 2.75) is 45.1 Å². The van der Waals surface area contributed by atoms with Crippen LogP contribution < -0.4 is 4.90 Å². The van der Waals surface area contributed by atoms with Crippen LogP contribution in [0.2, 0.25) is 0 Å². The number of para-hydroxylation sites is 1. The number of carbonyl (C=O) groups is 1. The third kappa shape index (κ3) is 3.45. The maximum absolute atomic E-state index is 14.1. The van der Waals surface area contributed by atoms with E-state index in [4.69, 9.17) is 4.74 Å². The summed E-state index contributed by atoms with van der Waals surface area (Å²) in [5.41, 5.74) is 2.32. The summed E-state index contributed by atoms with van der Waals surface area (Å²) in [4.78, 5) is 17.3. The fourth-order valence-corrected chi connectivity index (χ4v) is 6.62. The van der Waals surface area contributed by atoms with E-state index in [0.29, 0.717) is 17.5 Å². The molecule has 162 valence electrons. The molecule has 0 spiro atoms. The van der Waals surface area contributed by atoms with Crippen LogP contribution in [0.15, 0.2) is 36.4 Å². The van der Waals surface area contributed by atoms with Crippen molar-refractivity contribution in [1.82, 2.24) is 4.90 Å². The van der Waals surface area contributed by atoms with Gasteiger partial charge in [0.05, 0.1) is 11.6 Å². The number of nitrogens with zero attached hydrogens (tertiary/aromatic N) is 2. The molecular formula is C25H33FN2O2. The topological polar surface area (TPSA) is 32.8 Å². The minimum atomic E-state index is -0.161. The van der Waals surface area contributed by atoms with Crippen LogP contribution in [0.25, 0.3) is 0 Å². The molecule has 5 atom stereocenters. The van der Waals surface area contributed by atoms with Gasteiger partial charge in [-0.2, -0.15) is 0 Å². The Balaban J connectivity index is 1.23. The van der Waals surface area contributed by atoms with Gasteiger partial charge >= 0.3 is 5.97 Å². The summed E-state index contributed by atoms with van der Waals surface area (Å²) in [6.45, 7) is 10.8. The minimum Gasteiger partial charge on any atom is -0.462 e. The SMILES string of the molecule is C=C1CCC[C@]2(C)C[C@H]3OC(=O)[C@@H](CN4CCN(c5ccccc5F)CC4)[C@@H]3C[C@H]12. The number of rotatable bonds is 3. The summed E-state index contributed by atoms with van der Waals surface area (Å²) < 4.78 is 20.0. The summed E-state index contributed by atoms with van der Waals surface area (Å²) in [5.74, 6) is 0.646. The van der Waals surface area contributed by atoms with Gasteiger partial charge in [-0.3, -0.25) is 9.69 Å². The number of hydrogen-bond acceptors (Lipinski definition) is 4. The Hall–Kier alpha value is -1.88. The fraction of sp³-hybridized carbons (Fsp3) is 0.640. The lowest BCUT2D eigenvalue weighted by molar-refractivity contribution is -0.146. The number of esters is 1. The maximum atomic E-state index is 14.1. The molecule has 0 N–H and O–H groups in total. The van der Waals surface area contributed by atoms with Crippen molar-refractivity contribution in [2.75, 3.05) is 37.6 Å². The molecule has 1 aromatic rings. The standard InChI is InChI=1S/C25H33FN2O2/c1-17-6-5-9-25(2)15-23-18(14-20(17)25)19(24(29)30-23)16-27-10-12-28(13-11-27)22-8-4-3-7-21(22)26/h3-4,7-8,18-20,23H,1,5-6,9-16H2,2H3/t18-,19-,20+,23+,25+/m0/s1. The van der Waals surface area contributed by atoms with Crippen LogP contribution in [0.4, 0.5) is 10.1 Å². The van der Waals surface area contributed by atoms with Gasteiger partial charge in [-0.15, -0.1) is 0 Å². The van der Waals surface area contributed by atoms with Crippen LogP contribution in [-0.4, -0.2) is 49.7 Å². The van der Waals surface area contributed by atoms with Gasteiger partial charge in [-0.05, 0) is 55.6 Å². The normalized spacial score (nSPS) is 36.9. The Morgan fingerprint density at radius 1 is 1.23 bits per heavy atom. The van der Waals surface area contributed by atoms with Gasteiger partial charge < -0.3 is 9.64 Å². The molecular weight excluding hydrogens is 379 g/mol. The van der Waals surface area contributed by atoms with Gasteiger partial charge in [0.1, 0.15) is 11.9 Å². The first-order chi connectivity index (χ1) is 14.4. The van der Waals surface area contributed by atoms with E-state index >= 15 is 0 Å². The Morgan fingerprint density at radius 3 is 2.77 bits per heavy atom. The van der Waals surface area contributed by atoms with E-state index in [9.17, 15) is 9.18 Å². The molecule has 1 aromatic carbocycles. The molecule has 0 bridgehead atoms. The third-order valence-electron chi connectivity index (χ3n) is 8.34. The smallest absolute Gasteiger partial charge is 0.310 e. The predicted octanol–water partition coefficient (Wildman–Crippen LogP) is 4.26. The highest BCUT2D eigenvalue weighted by Crippen LogP contribution is 2.56.